The first kappa shape index (κ1) is 16.5. The normalized spacial score (nSPS) is 16.2. The molecule has 1 aliphatic rings. The summed E-state index contributed by atoms with van der Waals surface area (Å²) in [5.74, 6) is 2.37. The third-order valence-corrected chi connectivity index (χ3v) is 3.96. The van der Waals surface area contributed by atoms with Crippen molar-refractivity contribution < 1.29 is 9.47 Å². The first-order valence-electron chi connectivity index (χ1n) is 8.25. The molecule has 0 radical (unpaired) electrons. The molecule has 0 fully saturated rings. The van der Waals surface area contributed by atoms with Gasteiger partial charge in [0, 0.05) is 33.4 Å². The number of nitrogens with zero attached hydrogens (tertiary/aromatic N) is 4. The molecule has 2 heterocycles. The number of fused-ring (bicyclic) bond motifs is 1. The van der Waals surface area contributed by atoms with Gasteiger partial charge in [-0.1, -0.05) is 19.1 Å². The Morgan fingerprint density at radius 2 is 1.96 bits per heavy atom. The van der Waals surface area contributed by atoms with Crippen molar-refractivity contribution in [2.75, 3.05) is 38.7 Å². The molecule has 0 saturated carbocycles. The Morgan fingerprint density at radius 1 is 1.17 bits per heavy atom. The summed E-state index contributed by atoms with van der Waals surface area (Å²) in [6.45, 7) is 5.20. The lowest BCUT2D eigenvalue weighted by atomic mass is 10.2. The number of likely N-dealkylation sites (N-methyl/N-ethyl adjacent to an activating group) is 1. The van der Waals surface area contributed by atoms with Crippen molar-refractivity contribution in [2.45, 2.75) is 19.6 Å². The number of hydrogen-bond acceptors (Lipinski definition) is 6. The van der Waals surface area contributed by atoms with Crippen LogP contribution in [0.2, 0.25) is 0 Å². The van der Waals surface area contributed by atoms with Gasteiger partial charge < -0.3 is 14.4 Å². The minimum absolute atomic E-state index is 0.0232. The van der Waals surface area contributed by atoms with Gasteiger partial charge in [0.15, 0.2) is 11.5 Å². The van der Waals surface area contributed by atoms with Crippen molar-refractivity contribution in [3.05, 3.63) is 42.2 Å². The number of rotatable bonds is 6. The monoisotopic (exact) mass is 328 g/mol. The van der Waals surface area contributed by atoms with Gasteiger partial charge in [0.2, 0.25) is 5.95 Å². The van der Waals surface area contributed by atoms with Crippen LogP contribution in [-0.4, -0.2) is 54.8 Å². The maximum absolute atomic E-state index is 6.06. The molecule has 6 heteroatoms. The van der Waals surface area contributed by atoms with Gasteiger partial charge in [0.25, 0.3) is 0 Å². The van der Waals surface area contributed by atoms with Crippen molar-refractivity contribution in [2.24, 2.45) is 0 Å². The van der Waals surface area contributed by atoms with Crippen LogP contribution in [0.5, 0.6) is 11.5 Å². The van der Waals surface area contributed by atoms with E-state index in [1.165, 1.54) is 0 Å². The van der Waals surface area contributed by atoms with Gasteiger partial charge in [0.1, 0.15) is 12.7 Å². The second-order valence-electron chi connectivity index (χ2n) is 6.07. The standard InChI is InChI=1S/C18H24N4O2/c1-4-22(11-14-9-10-19-18(20-14)21(2)3)12-15-13-23-16-7-5-6-8-17(16)24-15/h5-10,15H,4,11-13H2,1-3H3. The van der Waals surface area contributed by atoms with E-state index in [-0.39, 0.29) is 6.10 Å². The Balaban J connectivity index is 1.62. The van der Waals surface area contributed by atoms with Crippen molar-refractivity contribution in [3.63, 3.8) is 0 Å². The molecule has 1 aliphatic heterocycles. The molecular weight excluding hydrogens is 304 g/mol. The number of benzene rings is 1. The maximum atomic E-state index is 6.06. The lowest BCUT2D eigenvalue weighted by Gasteiger charge is -2.30. The summed E-state index contributed by atoms with van der Waals surface area (Å²) in [6, 6.07) is 9.77. The zero-order chi connectivity index (χ0) is 16.9. The summed E-state index contributed by atoms with van der Waals surface area (Å²) >= 11 is 0. The van der Waals surface area contributed by atoms with Gasteiger partial charge in [-0.2, -0.15) is 0 Å². The molecule has 6 nitrogen and oxygen atoms in total. The molecule has 24 heavy (non-hydrogen) atoms. The smallest absolute Gasteiger partial charge is 0.225 e. The summed E-state index contributed by atoms with van der Waals surface area (Å²) in [6.07, 6.45) is 1.83. The van der Waals surface area contributed by atoms with Gasteiger partial charge in [0.05, 0.1) is 5.69 Å². The first-order chi connectivity index (χ1) is 11.7. The second kappa shape index (κ2) is 7.49. The van der Waals surface area contributed by atoms with Crippen molar-refractivity contribution >= 4 is 5.95 Å². The van der Waals surface area contributed by atoms with E-state index in [1.54, 1.807) is 0 Å². The summed E-state index contributed by atoms with van der Waals surface area (Å²) < 4.78 is 11.9. The second-order valence-corrected chi connectivity index (χ2v) is 6.07. The fraction of sp³-hybridized carbons (Fsp3) is 0.444. The maximum Gasteiger partial charge on any atom is 0.225 e. The number of ether oxygens (including phenoxy) is 2. The van der Waals surface area contributed by atoms with Crippen LogP contribution in [0.4, 0.5) is 5.95 Å². The number of anilines is 1. The van der Waals surface area contributed by atoms with E-state index >= 15 is 0 Å². The van der Waals surface area contributed by atoms with Crippen molar-refractivity contribution in [3.8, 4) is 11.5 Å². The fourth-order valence-electron chi connectivity index (χ4n) is 2.66. The van der Waals surface area contributed by atoms with E-state index in [1.807, 2.05) is 55.5 Å². The molecule has 0 saturated heterocycles. The molecule has 0 spiro atoms. The van der Waals surface area contributed by atoms with E-state index in [9.17, 15) is 0 Å². The van der Waals surface area contributed by atoms with Crippen molar-refractivity contribution in [1.82, 2.24) is 14.9 Å². The largest absolute Gasteiger partial charge is 0.486 e. The van der Waals surface area contributed by atoms with E-state index in [2.05, 4.69) is 21.8 Å². The third-order valence-electron chi connectivity index (χ3n) is 3.96. The average molecular weight is 328 g/mol. The lowest BCUT2D eigenvalue weighted by molar-refractivity contribution is 0.0577. The molecule has 0 bridgehead atoms. The van der Waals surface area contributed by atoms with Crippen LogP contribution in [0.3, 0.4) is 0 Å². The quantitative estimate of drug-likeness (QED) is 0.810. The molecule has 0 amide bonds. The van der Waals surface area contributed by atoms with Gasteiger partial charge >= 0.3 is 0 Å². The predicted octanol–water partition coefficient (Wildman–Crippen LogP) is 2.20. The van der Waals surface area contributed by atoms with Gasteiger partial charge in [-0.3, -0.25) is 4.90 Å². The van der Waals surface area contributed by atoms with Gasteiger partial charge in [-0.15, -0.1) is 0 Å². The summed E-state index contributed by atoms with van der Waals surface area (Å²) in [5.41, 5.74) is 1.01. The number of aromatic nitrogens is 2. The van der Waals surface area contributed by atoms with Crippen LogP contribution in [0.25, 0.3) is 0 Å². The van der Waals surface area contributed by atoms with Crippen LogP contribution >= 0.6 is 0 Å². The highest BCUT2D eigenvalue weighted by molar-refractivity contribution is 5.40. The lowest BCUT2D eigenvalue weighted by Crippen LogP contribution is -2.40. The van der Waals surface area contributed by atoms with Crippen LogP contribution in [-0.2, 0) is 6.54 Å². The summed E-state index contributed by atoms with van der Waals surface area (Å²) in [7, 11) is 3.89. The molecule has 0 aliphatic carbocycles. The van der Waals surface area contributed by atoms with Crippen LogP contribution in [0, 0.1) is 0 Å². The van der Waals surface area contributed by atoms with Crippen LogP contribution in [0.15, 0.2) is 36.5 Å². The summed E-state index contributed by atoms with van der Waals surface area (Å²) in [5, 5.41) is 0. The Labute approximate surface area is 143 Å². The highest BCUT2D eigenvalue weighted by Gasteiger charge is 2.22. The molecule has 2 aromatic rings. The minimum Gasteiger partial charge on any atom is -0.486 e. The topological polar surface area (TPSA) is 50.7 Å². The Hall–Kier alpha value is -2.34. The Kier molecular flexibility index (Phi) is 5.15. The predicted molar refractivity (Wildman–Crippen MR) is 93.7 cm³/mol. The van der Waals surface area contributed by atoms with Gasteiger partial charge in [-0.25, -0.2) is 9.97 Å². The minimum atomic E-state index is 0.0232. The van der Waals surface area contributed by atoms with E-state index < -0.39 is 0 Å². The zero-order valence-electron chi connectivity index (χ0n) is 14.5. The molecular formula is C18H24N4O2. The molecule has 128 valence electrons. The number of para-hydroxylation sites is 2. The van der Waals surface area contributed by atoms with E-state index in [0.29, 0.717) is 6.61 Å². The van der Waals surface area contributed by atoms with E-state index in [4.69, 9.17) is 9.47 Å². The molecule has 1 unspecified atom stereocenters. The summed E-state index contributed by atoms with van der Waals surface area (Å²) in [4.78, 5) is 13.1. The molecule has 3 rings (SSSR count). The highest BCUT2D eigenvalue weighted by Crippen LogP contribution is 2.31. The van der Waals surface area contributed by atoms with Crippen molar-refractivity contribution in [1.29, 1.82) is 0 Å². The molecule has 0 N–H and O–H groups in total. The molecule has 1 atom stereocenters. The highest BCUT2D eigenvalue weighted by atomic mass is 16.6. The Morgan fingerprint density at radius 3 is 2.71 bits per heavy atom. The number of hydrogen-bond donors (Lipinski definition) is 0. The van der Waals surface area contributed by atoms with Gasteiger partial charge in [-0.05, 0) is 24.7 Å². The zero-order valence-corrected chi connectivity index (χ0v) is 14.5. The Bertz CT molecular complexity index is 678. The average Bonchev–Trinajstić information content (AvgIpc) is 2.61. The molecule has 1 aromatic carbocycles. The fourth-order valence-corrected chi connectivity index (χ4v) is 2.66. The third kappa shape index (κ3) is 3.94. The van der Waals surface area contributed by atoms with Crippen LogP contribution in [0.1, 0.15) is 12.6 Å². The van der Waals surface area contributed by atoms with E-state index in [0.717, 1.165) is 42.8 Å². The molecule has 1 aromatic heterocycles. The first-order valence-corrected chi connectivity index (χ1v) is 8.25. The van der Waals surface area contributed by atoms with Crippen LogP contribution < -0.4 is 14.4 Å². The SMILES string of the molecule is CCN(Cc1ccnc(N(C)C)n1)CC1COc2ccccc2O1.